The van der Waals surface area contributed by atoms with Crippen LogP contribution in [0.25, 0.3) is 0 Å². The van der Waals surface area contributed by atoms with Gasteiger partial charge in [0, 0.05) is 11.8 Å². The van der Waals surface area contributed by atoms with E-state index in [2.05, 4.69) is 66.9 Å². The van der Waals surface area contributed by atoms with Crippen molar-refractivity contribution in [1.82, 2.24) is 4.98 Å². The fourth-order valence-electron chi connectivity index (χ4n) is 2.39. The molecule has 4 heteroatoms. The second kappa shape index (κ2) is 5.89. The van der Waals surface area contributed by atoms with E-state index in [-0.39, 0.29) is 0 Å². The zero-order chi connectivity index (χ0) is 15.0. The summed E-state index contributed by atoms with van der Waals surface area (Å²) in [5.41, 5.74) is 1.19. The Morgan fingerprint density at radius 1 is 1.30 bits per heavy atom. The number of rotatable bonds is 4. The van der Waals surface area contributed by atoms with E-state index in [4.69, 9.17) is 4.43 Å². The summed E-state index contributed by atoms with van der Waals surface area (Å²) < 4.78 is 7.37. The fourth-order valence-corrected chi connectivity index (χ4v) is 4.15. The summed E-state index contributed by atoms with van der Waals surface area (Å²) in [6.45, 7) is 11.6. The molecule has 1 heterocycles. The van der Waals surface area contributed by atoms with Crippen molar-refractivity contribution in [2.75, 3.05) is 0 Å². The maximum Gasteiger partial charge on any atom is 0.192 e. The first-order valence-electron chi connectivity index (χ1n) is 7.46. The first-order chi connectivity index (χ1) is 9.17. The Hall–Kier alpha value is -0.193. The molecule has 0 radical (unpaired) electrons. The number of hydrogen-bond acceptors (Lipinski definition) is 2. The maximum atomic E-state index is 6.44. The van der Waals surface area contributed by atoms with Crippen molar-refractivity contribution in [2.24, 2.45) is 5.92 Å². The molecule has 1 fully saturated rings. The van der Waals surface area contributed by atoms with E-state index in [0.29, 0.717) is 11.1 Å². The molecule has 0 aromatic carbocycles. The van der Waals surface area contributed by atoms with Crippen LogP contribution in [-0.2, 0) is 10.8 Å². The summed E-state index contributed by atoms with van der Waals surface area (Å²) in [7, 11) is -1.59. The van der Waals surface area contributed by atoms with E-state index >= 15 is 0 Å². The first-order valence-corrected chi connectivity index (χ1v) is 11.2. The van der Waals surface area contributed by atoms with Crippen LogP contribution >= 0.6 is 15.9 Å². The Morgan fingerprint density at radius 3 is 2.50 bits per heavy atom. The molecule has 0 spiro atoms. The van der Waals surface area contributed by atoms with Gasteiger partial charge in [-0.2, -0.15) is 0 Å². The minimum absolute atomic E-state index is 0.309. The average molecular weight is 356 g/mol. The normalized spacial score (nSPS) is 23.5. The Kier molecular flexibility index (Phi) is 4.77. The van der Waals surface area contributed by atoms with Crippen molar-refractivity contribution in [3.05, 3.63) is 28.5 Å². The molecule has 0 atom stereocenters. The highest BCUT2D eigenvalue weighted by Crippen LogP contribution is 2.42. The van der Waals surface area contributed by atoms with E-state index in [9.17, 15) is 0 Å². The molecule has 0 aliphatic heterocycles. The Bertz CT molecular complexity index is 464. The summed E-state index contributed by atoms with van der Waals surface area (Å²) in [4.78, 5) is 4.52. The zero-order valence-corrected chi connectivity index (χ0v) is 15.8. The highest BCUT2D eigenvalue weighted by molar-refractivity contribution is 9.10. The van der Waals surface area contributed by atoms with Crippen LogP contribution < -0.4 is 0 Å². The van der Waals surface area contributed by atoms with Crippen molar-refractivity contribution < 1.29 is 4.43 Å². The van der Waals surface area contributed by atoms with Crippen LogP contribution in [0.1, 0.15) is 39.3 Å². The van der Waals surface area contributed by atoms with Gasteiger partial charge < -0.3 is 4.43 Å². The molecular weight excluding hydrogens is 330 g/mol. The summed E-state index contributed by atoms with van der Waals surface area (Å²) in [5, 5.41) is 0.309. The lowest BCUT2D eigenvalue weighted by Crippen LogP contribution is -2.47. The topological polar surface area (TPSA) is 22.1 Å². The van der Waals surface area contributed by atoms with E-state index in [1.807, 2.05) is 6.07 Å². The Balaban J connectivity index is 1.81. The van der Waals surface area contributed by atoms with Crippen LogP contribution in [0.3, 0.4) is 0 Å². The van der Waals surface area contributed by atoms with E-state index < -0.39 is 8.32 Å². The van der Waals surface area contributed by atoms with Gasteiger partial charge in [0.2, 0.25) is 0 Å². The number of aromatic nitrogens is 1. The maximum absolute atomic E-state index is 6.44. The van der Waals surface area contributed by atoms with Crippen LogP contribution in [0, 0.1) is 5.92 Å². The van der Waals surface area contributed by atoms with E-state index in [1.54, 1.807) is 0 Å². The molecule has 0 N–H and O–H groups in total. The van der Waals surface area contributed by atoms with Crippen molar-refractivity contribution in [2.45, 2.75) is 64.3 Å². The van der Waals surface area contributed by atoms with Gasteiger partial charge in [-0.15, -0.1) is 0 Å². The van der Waals surface area contributed by atoms with Crippen LogP contribution in [-0.4, -0.2) is 19.4 Å². The molecule has 1 aromatic rings. The van der Waals surface area contributed by atoms with Crippen molar-refractivity contribution >= 4 is 24.2 Å². The van der Waals surface area contributed by atoms with Gasteiger partial charge in [0.25, 0.3) is 0 Å². The van der Waals surface area contributed by atoms with Crippen molar-refractivity contribution in [3.63, 3.8) is 0 Å². The SMILES string of the molecule is CC(C)(C)[Si](C)(C)OC1CC(Cc2cccc(Br)n2)C1. The van der Waals surface area contributed by atoms with Gasteiger partial charge in [-0.05, 0) is 71.4 Å². The molecule has 0 unspecified atom stereocenters. The summed E-state index contributed by atoms with van der Waals surface area (Å²) in [5.74, 6) is 0.742. The van der Waals surface area contributed by atoms with Crippen molar-refractivity contribution in [1.29, 1.82) is 0 Å². The molecule has 1 aliphatic carbocycles. The molecular formula is C16H26BrNOSi. The van der Waals surface area contributed by atoms with Gasteiger partial charge in [0.05, 0.1) is 0 Å². The first kappa shape index (κ1) is 16.2. The minimum atomic E-state index is -1.59. The number of halogens is 1. The molecule has 1 aliphatic rings. The monoisotopic (exact) mass is 355 g/mol. The van der Waals surface area contributed by atoms with E-state index in [1.165, 1.54) is 18.5 Å². The second-order valence-electron chi connectivity index (χ2n) is 7.49. The highest BCUT2D eigenvalue weighted by atomic mass is 79.9. The lowest BCUT2D eigenvalue weighted by Gasteiger charge is -2.44. The summed E-state index contributed by atoms with van der Waals surface area (Å²) in [6.07, 6.45) is 3.95. The molecule has 1 saturated carbocycles. The molecule has 112 valence electrons. The second-order valence-corrected chi connectivity index (χ2v) is 13.1. The molecule has 2 nitrogen and oxygen atoms in total. The molecule has 0 bridgehead atoms. The van der Waals surface area contributed by atoms with Crippen LogP contribution in [0.2, 0.25) is 18.1 Å². The molecule has 1 aromatic heterocycles. The predicted octanol–water partition coefficient (Wildman–Crippen LogP) is 5.19. The van der Waals surface area contributed by atoms with Crippen LogP contribution in [0.5, 0.6) is 0 Å². The third kappa shape index (κ3) is 3.92. The Morgan fingerprint density at radius 2 is 1.95 bits per heavy atom. The number of nitrogens with zero attached hydrogens (tertiary/aromatic N) is 1. The van der Waals surface area contributed by atoms with Crippen LogP contribution in [0.15, 0.2) is 22.8 Å². The quantitative estimate of drug-likeness (QED) is 0.547. The smallest absolute Gasteiger partial charge is 0.192 e. The van der Waals surface area contributed by atoms with Gasteiger partial charge in [0.15, 0.2) is 8.32 Å². The largest absolute Gasteiger partial charge is 0.414 e. The molecule has 0 saturated heterocycles. The van der Waals surface area contributed by atoms with Gasteiger partial charge in [-0.3, -0.25) is 0 Å². The summed E-state index contributed by atoms with van der Waals surface area (Å²) in [6, 6.07) is 6.16. The molecule has 0 amide bonds. The zero-order valence-electron chi connectivity index (χ0n) is 13.2. The highest BCUT2D eigenvalue weighted by Gasteiger charge is 2.42. The number of hydrogen-bond donors (Lipinski definition) is 0. The van der Waals surface area contributed by atoms with E-state index in [0.717, 1.165) is 16.9 Å². The van der Waals surface area contributed by atoms with Crippen molar-refractivity contribution in [3.8, 4) is 0 Å². The minimum Gasteiger partial charge on any atom is -0.414 e. The third-order valence-electron chi connectivity index (χ3n) is 4.73. The predicted molar refractivity (Wildman–Crippen MR) is 90.4 cm³/mol. The van der Waals surface area contributed by atoms with Gasteiger partial charge in [-0.1, -0.05) is 26.8 Å². The Labute approximate surface area is 132 Å². The summed E-state index contributed by atoms with van der Waals surface area (Å²) >= 11 is 3.44. The van der Waals surface area contributed by atoms with Gasteiger partial charge in [0.1, 0.15) is 4.60 Å². The van der Waals surface area contributed by atoms with Gasteiger partial charge in [-0.25, -0.2) is 4.98 Å². The molecule has 20 heavy (non-hydrogen) atoms. The van der Waals surface area contributed by atoms with Crippen LogP contribution in [0.4, 0.5) is 0 Å². The molecule has 2 rings (SSSR count). The lowest BCUT2D eigenvalue weighted by atomic mass is 9.79. The third-order valence-corrected chi connectivity index (χ3v) is 9.71. The average Bonchev–Trinajstić information content (AvgIpc) is 2.24. The van der Waals surface area contributed by atoms with Gasteiger partial charge >= 0.3 is 0 Å². The fraction of sp³-hybridized carbons (Fsp3) is 0.688. The lowest BCUT2D eigenvalue weighted by molar-refractivity contribution is 0.0524. The number of pyridine rings is 1. The standard InChI is InChI=1S/C16H26BrNOSi/c1-16(2,3)20(4,5)19-14-10-12(11-14)9-13-7-6-8-15(17)18-13/h6-8,12,14H,9-11H2,1-5H3.